The van der Waals surface area contributed by atoms with E-state index in [1.807, 2.05) is 31.1 Å². The smallest absolute Gasteiger partial charge is 0.341 e. The first-order valence-corrected chi connectivity index (χ1v) is 11.8. The zero-order valence-corrected chi connectivity index (χ0v) is 21.0. The number of nitrogens with zero attached hydrogens (tertiary/aromatic N) is 4. The van der Waals surface area contributed by atoms with E-state index in [9.17, 15) is 19.2 Å². The largest absolute Gasteiger partial charge is 0.462 e. The number of anilines is 2. The van der Waals surface area contributed by atoms with Gasteiger partial charge in [-0.05, 0) is 49.9 Å². The van der Waals surface area contributed by atoms with Crippen molar-refractivity contribution in [3.63, 3.8) is 0 Å². The van der Waals surface area contributed by atoms with E-state index in [1.165, 1.54) is 30.9 Å². The summed E-state index contributed by atoms with van der Waals surface area (Å²) in [6.07, 6.45) is 5.32. The van der Waals surface area contributed by atoms with Crippen LogP contribution in [0, 0.1) is 6.92 Å². The molecule has 0 unspecified atom stereocenters. The van der Waals surface area contributed by atoms with E-state index in [0.717, 1.165) is 35.2 Å². The highest BCUT2D eigenvalue weighted by molar-refractivity contribution is 6.17. The van der Waals surface area contributed by atoms with Gasteiger partial charge in [0.15, 0.2) is 5.82 Å². The van der Waals surface area contributed by atoms with Crippen LogP contribution in [0.3, 0.4) is 0 Å². The van der Waals surface area contributed by atoms with Crippen molar-refractivity contribution < 1.29 is 23.9 Å². The molecule has 1 aliphatic carbocycles. The highest BCUT2D eigenvalue weighted by Gasteiger charge is 2.37. The minimum Gasteiger partial charge on any atom is -0.462 e. The molecule has 1 aliphatic heterocycles. The Morgan fingerprint density at radius 1 is 1.11 bits per heavy atom. The van der Waals surface area contributed by atoms with Crippen molar-refractivity contribution in [1.82, 2.24) is 9.99 Å². The van der Waals surface area contributed by atoms with E-state index in [-0.39, 0.29) is 35.6 Å². The van der Waals surface area contributed by atoms with Gasteiger partial charge in [0.1, 0.15) is 5.94 Å². The quantitative estimate of drug-likeness (QED) is 0.361. The van der Waals surface area contributed by atoms with E-state index < -0.39 is 5.97 Å². The van der Waals surface area contributed by atoms with Crippen LogP contribution >= 0.6 is 0 Å². The standard InChI is InChI=1S/C27H28N4O5/c1-6-36-27(35)23-14-30(20-8-9-20)26-16(2)21(10-11-22(26)24(23)15-32)19-7-12-25(28-13-19)31(18(4)34)29(5)17(3)33/h7,10-14,20H,6,8-9H2,1-5H3. The van der Waals surface area contributed by atoms with Gasteiger partial charge in [0.05, 0.1) is 23.4 Å². The number of hydrazine groups is 1. The van der Waals surface area contributed by atoms with Crippen LogP contribution in [-0.4, -0.2) is 53.4 Å². The second-order valence-corrected chi connectivity index (χ2v) is 8.79. The van der Waals surface area contributed by atoms with Crippen molar-refractivity contribution in [2.75, 3.05) is 23.6 Å². The molecular formula is C27H28N4O5. The molecule has 2 heterocycles. The molecule has 0 spiro atoms. The van der Waals surface area contributed by atoms with Gasteiger partial charge in [-0.15, -0.1) is 0 Å². The van der Waals surface area contributed by atoms with Crippen molar-refractivity contribution >= 4 is 40.8 Å². The summed E-state index contributed by atoms with van der Waals surface area (Å²) in [7, 11) is 1.51. The van der Waals surface area contributed by atoms with Gasteiger partial charge < -0.3 is 9.64 Å². The predicted molar refractivity (Wildman–Crippen MR) is 135 cm³/mol. The van der Waals surface area contributed by atoms with Crippen LogP contribution in [0.25, 0.3) is 16.7 Å². The molecule has 1 saturated carbocycles. The van der Waals surface area contributed by atoms with Gasteiger partial charge in [0.2, 0.25) is 11.8 Å². The molecule has 186 valence electrons. The fraction of sp³-hybridized carbons (Fsp3) is 0.333. The summed E-state index contributed by atoms with van der Waals surface area (Å²) >= 11 is 0. The molecular weight excluding hydrogens is 460 g/mol. The van der Waals surface area contributed by atoms with Crippen LogP contribution in [0.15, 0.2) is 42.2 Å². The molecule has 0 atom stereocenters. The predicted octanol–water partition coefficient (Wildman–Crippen LogP) is 3.45. The summed E-state index contributed by atoms with van der Waals surface area (Å²) in [4.78, 5) is 55.0. The summed E-state index contributed by atoms with van der Waals surface area (Å²) in [5.41, 5.74) is 4.51. The number of fused-ring (bicyclic) bond motifs is 1. The van der Waals surface area contributed by atoms with Crippen molar-refractivity contribution in [2.45, 2.75) is 46.6 Å². The molecule has 2 amide bonds. The number of benzene rings is 1. The highest BCUT2D eigenvalue weighted by atomic mass is 16.5. The van der Waals surface area contributed by atoms with E-state index in [1.54, 1.807) is 25.4 Å². The number of amides is 2. The zero-order valence-electron chi connectivity index (χ0n) is 21.0. The number of aromatic nitrogens is 1. The topological polar surface area (TPSA) is 100 Å². The van der Waals surface area contributed by atoms with Gasteiger partial charge in [-0.3, -0.25) is 9.59 Å². The summed E-state index contributed by atoms with van der Waals surface area (Å²) < 4.78 is 5.18. The van der Waals surface area contributed by atoms with Crippen LogP contribution in [-0.2, 0) is 23.9 Å². The molecule has 0 N–H and O–H groups in total. The minimum absolute atomic E-state index is 0.188. The molecule has 9 nitrogen and oxygen atoms in total. The lowest BCUT2D eigenvalue weighted by Gasteiger charge is -2.32. The van der Waals surface area contributed by atoms with Gasteiger partial charge in [-0.2, -0.15) is 0 Å². The van der Waals surface area contributed by atoms with Crippen LogP contribution in [0.2, 0.25) is 0 Å². The Hall–Kier alpha value is -4.23. The Kier molecular flexibility index (Phi) is 6.77. The molecule has 0 bridgehead atoms. The van der Waals surface area contributed by atoms with E-state index in [2.05, 4.69) is 9.88 Å². The number of hydrogen-bond acceptors (Lipinski definition) is 7. The Labute approximate surface area is 209 Å². The Morgan fingerprint density at radius 3 is 2.33 bits per heavy atom. The molecule has 1 fully saturated rings. The zero-order chi connectivity index (χ0) is 26.1. The number of carbonyl (C=O) groups excluding carboxylic acids is 4. The van der Waals surface area contributed by atoms with Crippen LogP contribution in [0.5, 0.6) is 0 Å². The Balaban J connectivity index is 1.77. The molecule has 2 aliphatic rings. The molecule has 2 aromatic rings. The average molecular weight is 489 g/mol. The molecule has 9 heteroatoms. The maximum atomic E-state index is 12.6. The van der Waals surface area contributed by atoms with Crippen LogP contribution in [0.4, 0.5) is 11.5 Å². The third-order valence-corrected chi connectivity index (χ3v) is 6.36. The van der Waals surface area contributed by atoms with Gasteiger partial charge in [-0.25, -0.2) is 24.6 Å². The third-order valence-electron chi connectivity index (χ3n) is 6.36. The van der Waals surface area contributed by atoms with Gasteiger partial charge in [-0.1, -0.05) is 12.1 Å². The number of esters is 1. The molecule has 1 aromatic heterocycles. The first-order chi connectivity index (χ1) is 17.2. The van der Waals surface area contributed by atoms with Crippen molar-refractivity contribution in [3.8, 4) is 11.1 Å². The normalized spacial score (nSPS) is 14.4. The van der Waals surface area contributed by atoms with E-state index in [4.69, 9.17) is 4.74 Å². The fourth-order valence-corrected chi connectivity index (χ4v) is 4.41. The number of hydrogen-bond donors (Lipinski definition) is 0. The molecule has 1 aromatic carbocycles. The lowest BCUT2D eigenvalue weighted by molar-refractivity contribution is -0.138. The van der Waals surface area contributed by atoms with Gasteiger partial charge in [0, 0.05) is 50.5 Å². The highest BCUT2D eigenvalue weighted by Crippen LogP contribution is 2.46. The molecule has 0 saturated heterocycles. The van der Waals surface area contributed by atoms with Gasteiger partial charge >= 0.3 is 5.97 Å². The Morgan fingerprint density at radius 2 is 1.81 bits per heavy atom. The number of rotatable bonds is 5. The molecule has 36 heavy (non-hydrogen) atoms. The van der Waals surface area contributed by atoms with Crippen LogP contribution < -0.4 is 9.91 Å². The van der Waals surface area contributed by atoms with Crippen molar-refractivity contribution in [1.29, 1.82) is 0 Å². The molecule has 0 radical (unpaired) electrons. The summed E-state index contributed by atoms with van der Waals surface area (Å²) in [6, 6.07) is 7.46. The monoisotopic (exact) mass is 488 g/mol. The SMILES string of the molecule is CCOC(=O)C1=CN(C2CC2)c2c(ccc(-c3ccc(N(C(C)=O)N(C)C(C)=O)nc3)c2C)C1=C=O. The second-order valence-electron chi connectivity index (χ2n) is 8.79. The first-order valence-electron chi connectivity index (χ1n) is 11.8. The van der Waals surface area contributed by atoms with Crippen molar-refractivity contribution in [2.24, 2.45) is 0 Å². The van der Waals surface area contributed by atoms with Crippen LogP contribution in [0.1, 0.15) is 44.7 Å². The summed E-state index contributed by atoms with van der Waals surface area (Å²) in [6.45, 7) is 6.64. The summed E-state index contributed by atoms with van der Waals surface area (Å²) in [5, 5.41) is 2.42. The summed E-state index contributed by atoms with van der Waals surface area (Å²) in [5.74, 6) is 1.11. The number of pyridine rings is 1. The first kappa shape index (κ1) is 24.9. The lowest BCUT2D eigenvalue weighted by Crippen LogP contribution is -2.46. The van der Waals surface area contributed by atoms with E-state index in [0.29, 0.717) is 11.4 Å². The fourth-order valence-electron chi connectivity index (χ4n) is 4.41. The molecule has 4 rings (SSSR count). The number of carbonyl (C=O) groups is 3. The second kappa shape index (κ2) is 9.79. The van der Waals surface area contributed by atoms with E-state index >= 15 is 0 Å². The van der Waals surface area contributed by atoms with Gasteiger partial charge in [0.25, 0.3) is 0 Å². The lowest BCUT2D eigenvalue weighted by atomic mass is 9.88. The maximum absolute atomic E-state index is 12.6. The number of ether oxygens (including phenoxy) is 1. The Bertz CT molecular complexity index is 1320. The van der Waals surface area contributed by atoms with Crippen molar-refractivity contribution in [3.05, 3.63) is 53.4 Å². The minimum atomic E-state index is -0.542. The average Bonchev–Trinajstić information content (AvgIpc) is 3.69. The third kappa shape index (κ3) is 4.41. The maximum Gasteiger partial charge on any atom is 0.341 e.